The molecular formula is C23H23NO4. The minimum absolute atomic E-state index is 0.0429. The van der Waals surface area contributed by atoms with Crippen LogP contribution in [0.4, 0.5) is 0 Å². The number of hydrogen-bond acceptors (Lipinski definition) is 4. The minimum atomic E-state index is -0.175. The van der Waals surface area contributed by atoms with Crippen molar-refractivity contribution in [1.29, 1.82) is 0 Å². The predicted molar refractivity (Wildman–Crippen MR) is 105 cm³/mol. The van der Waals surface area contributed by atoms with Gasteiger partial charge in [0.2, 0.25) is 5.91 Å². The smallest absolute Gasteiger partial charge is 0.225 e. The monoisotopic (exact) mass is 377 g/mol. The predicted octanol–water partition coefficient (Wildman–Crippen LogP) is 3.71. The van der Waals surface area contributed by atoms with Gasteiger partial charge in [-0.15, -0.1) is 0 Å². The van der Waals surface area contributed by atoms with Gasteiger partial charge >= 0.3 is 0 Å². The largest absolute Gasteiger partial charge is 0.497 e. The molecule has 144 valence electrons. The van der Waals surface area contributed by atoms with Crippen LogP contribution < -0.4 is 14.8 Å². The SMILES string of the molecule is COc1ccc(OC)c([C@@H]2CC(=O)C3=C(C2)NC(=O)C[C@H]3c2ccccc2)c1. The van der Waals surface area contributed by atoms with E-state index in [0.717, 1.165) is 33.9 Å². The lowest BCUT2D eigenvalue weighted by Crippen LogP contribution is -2.38. The van der Waals surface area contributed by atoms with E-state index in [1.165, 1.54) is 0 Å². The third-order valence-electron chi connectivity index (χ3n) is 5.61. The molecule has 4 rings (SSSR count). The Kier molecular flexibility index (Phi) is 4.90. The highest BCUT2D eigenvalue weighted by molar-refractivity contribution is 6.02. The van der Waals surface area contributed by atoms with E-state index in [1.54, 1.807) is 14.2 Å². The first-order valence-electron chi connectivity index (χ1n) is 9.43. The number of carbonyl (C=O) groups excluding carboxylic acids is 2. The lowest BCUT2D eigenvalue weighted by molar-refractivity contribution is -0.122. The number of rotatable bonds is 4. The average molecular weight is 377 g/mol. The molecule has 1 aliphatic carbocycles. The summed E-state index contributed by atoms with van der Waals surface area (Å²) in [5.74, 6) is 1.25. The second-order valence-corrected chi connectivity index (χ2v) is 7.24. The molecule has 0 spiro atoms. The number of ether oxygens (including phenoxy) is 2. The highest BCUT2D eigenvalue weighted by atomic mass is 16.5. The maximum atomic E-state index is 13.2. The van der Waals surface area contributed by atoms with Gasteiger partial charge in [-0.25, -0.2) is 0 Å². The van der Waals surface area contributed by atoms with E-state index in [0.29, 0.717) is 19.3 Å². The number of methoxy groups -OCH3 is 2. The molecule has 0 radical (unpaired) electrons. The van der Waals surface area contributed by atoms with Gasteiger partial charge in [0.25, 0.3) is 0 Å². The Balaban J connectivity index is 1.73. The summed E-state index contributed by atoms with van der Waals surface area (Å²) in [7, 11) is 3.23. The van der Waals surface area contributed by atoms with E-state index < -0.39 is 0 Å². The van der Waals surface area contributed by atoms with Crippen LogP contribution in [0.3, 0.4) is 0 Å². The maximum absolute atomic E-state index is 13.2. The molecule has 0 fully saturated rings. The van der Waals surface area contributed by atoms with Gasteiger partial charge in [-0.05, 0) is 30.2 Å². The number of Topliss-reactive ketones (excluding diaryl/α,β-unsaturated/α-hetero) is 1. The molecule has 0 saturated heterocycles. The van der Waals surface area contributed by atoms with Crippen molar-refractivity contribution in [3.8, 4) is 11.5 Å². The van der Waals surface area contributed by atoms with Crippen LogP contribution in [0.5, 0.6) is 11.5 Å². The molecule has 28 heavy (non-hydrogen) atoms. The zero-order valence-electron chi connectivity index (χ0n) is 16.0. The Morgan fingerprint density at radius 3 is 2.43 bits per heavy atom. The summed E-state index contributed by atoms with van der Waals surface area (Å²) < 4.78 is 10.9. The van der Waals surface area contributed by atoms with Gasteiger partial charge in [0.15, 0.2) is 5.78 Å². The number of amides is 1. The zero-order valence-corrected chi connectivity index (χ0v) is 16.0. The average Bonchev–Trinajstić information content (AvgIpc) is 2.72. The van der Waals surface area contributed by atoms with Crippen molar-refractivity contribution in [2.24, 2.45) is 0 Å². The first-order valence-corrected chi connectivity index (χ1v) is 9.43. The second-order valence-electron chi connectivity index (χ2n) is 7.24. The van der Waals surface area contributed by atoms with Gasteiger partial charge in [0.05, 0.1) is 14.2 Å². The van der Waals surface area contributed by atoms with Crippen LogP contribution in [-0.2, 0) is 9.59 Å². The third-order valence-corrected chi connectivity index (χ3v) is 5.61. The van der Waals surface area contributed by atoms with E-state index in [4.69, 9.17) is 9.47 Å². The lowest BCUT2D eigenvalue weighted by Gasteiger charge is -2.34. The van der Waals surface area contributed by atoms with E-state index >= 15 is 0 Å². The van der Waals surface area contributed by atoms with Crippen molar-refractivity contribution in [1.82, 2.24) is 5.32 Å². The summed E-state index contributed by atoms with van der Waals surface area (Å²) in [6.07, 6.45) is 1.29. The highest BCUT2D eigenvalue weighted by Gasteiger charge is 2.38. The first-order chi connectivity index (χ1) is 13.6. The van der Waals surface area contributed by atoms with Crippen LogP contribution in [0.25, 0.3) is 0 Å². The quantitative estimate of drug-likeness (QED) is 0.882. The van der Waals surface area contributed by atoms with Gasteiger partial charge < -0.3 is 14.8 Å². The summed E-state index contributed by atoms with van der Waals surface area (Å²) >= 11 is 0. The fraction of sp³-hybridized carbons (Fsp3) is 0.304. The Labute approximate surface area is 164 Å². The number of hydrogen-bond donors (Lipinski definition) is 1. The molecule has 1 N–H and O–H groups in total. The Bertz CT molecular complexity index is 948. The van der Waals surface area contributed by atoms with Gasteiger partial charge in [-0.1, -0.05) is 30.3 Å². The number of nitrogens with one attached hydrogen (secondary N) is 1. The van der Waals surface area contributed by atoms with E-state index in [-0.39, 0.29) is 23.5 Å². The van der Waals surface area contributed by atoms with Crippen molar-refractivity contribution in [2.75, 3.05) is 14.2 Å². The minimum Gasteiger partial charge on any atom is -0.497 e. The molecular weight excluding hydrogens is 354 g/mol. The number of carbonyl (C=O) groups is 2. The van der Waals surface area contributed by atoms with Crippen molar-refractivity contribution in [3.63, 3.8) is 0 Å². The summed E-state index contributed by atoms with van der Waals surface area (Å²) in [6, 6.07) is 15.4. The fourth-order valence-corrected chi connectivity index (χ4v) is 4.31. The Hall–Kier alpha value is -3.08. The molecule has 0 saturated carbocycles. The van der Waals surface area contributed by atoms with Crippen molar-refractivity contribution >= 4 is 11.7 Å². The van der Waals surface area contributed by atoms with E-state index in [1.807, 2.05) is 48.5 Å². The van der Waals surface area contributed by atoms with Crippen LogP contribution in [0.1, 0.15) is 42.2 Å². The first kappa shape index (κ1) is 18.3. The topological polar surface area (TPSA) is 64.6 Å². The van der Waals surface area contributed by atoms with Crippen LogP contribution in [0.15, 0.2) is 59.8 Å². The number of allylic oxidation sites excluding steroid dienone is 2. The van der Waals surface area contributed by atoms with Crippen molar-refractivity contribution in [3.05, 3.63) is 70.9 Å². The molecule has 1 aliphatic heterocycles. The molecule has 5 heteroatoms. The van der Waals surface area contributed by atoms with Crippen molar-refractivity contribution < 1.29 is 19.1 Å². The molecule has 2 aliphatic rings. The number of ketones is 1. The van der Waals surface area contributed by atoms with Crippen LogP contribution in [0, 0.1) is 0 Å². The van der Waals surface area contributed by atoms with Gasteiger partial charge in [-0.3, -0.25) is 9.59 Å². The molecule has 0 aromatic heterocycles. The molecule has 1 heterocycles. The summed E-state index contributed by atoms with van der Waals surface area (Å²) in [4.78, 5) is 25.5. The van der Waals surface area contributed by atoms with Gasteiger partial charge in [-0.2, -0.15) is 0 Å². The molecule has 5 nitrogen and oxygen atoms in total. The molecule has 2 atom stereocenters. The van der Waals surface area contributed by atoms with Crippen LogP contribution >= 0.6 is 0 Å². The summed E-state index contributed by atoms with van der Waals surface area (Å²) in [5.41, 5.74) is 3.44. The fourth-order valence-electron chi connectivity index (χ4n) is 4.31. The molecule has 2 aromatic carbocycles. The normalized spacial score (nSPS) is 21.8. The summed E-state index contributed by atoms with van der Waals surface area (Å²) in [6.45, 7) is 0. The molecule has 1 amide bonds. The van der Waals surface area contributed by atoms with E-state index in [2.05, 4.69) is 5.32 Å². The van der Waals surface area contributed by atoms with Crippen LogP contribution in [0.2, 0.25) is 0 Å². The highest BCUT2D eigenvalue weighted by Crippen LogP contribution is 2.44. The van der Waals surface area contributed by atoms with Crippen molar-refractivity contribution in [2.45, 2.75) is 31.1 Å². The molecule has 0 bridgehead atoms. The zero-order chi connectivity index (χ0) is 19.7. The number of benzene rings is 2. The third kappa shape index (κ3) is 3.28. The summed E-state index contributed by atoms with van der Waals surface area (Å²) in [5, 5.41) is 2.96. The van der Waals surface area contributed by atoms with E-state index in [9.17, 15) is 9.59 Å². The molecule has 2 aromatic rings. The van der Waals surface area contributed by atoms with Crippen LogP contribution in [-0.4, -0.2) is 25.9 Å². The Morgan fingerprint density at radius 2 is 1.71 bits per heavy atom. The molecule has 0 unspecified atom stereocenters. The lowest BCUT2D eigenvalue weighted by atomic mass is 9.73. The standard InChI is InChI=1S/C23H23NO4/c1-27-16-8-9-21(28-2)17(12-16)15-10-19-23(20(25)11-15)18(13-22(26)24-19)14-6-4-3-5-7-14/h3-9,12,15,18H,10-11,13H2,1-2H3,(H,24,26)/t15-,18-/m0/s1. The van der Waals surface area contributed by atoms with Gasteiger partial charge in [0.1, 0.15) is 11.5 Å². The maximum Gasteiger partial charge on any atom is 0.225 e. The van der Waals surface area contributed by atoms with Gasteiger partial charge in [0, 0.05) is 41.5 Å². The Morgan fingerprint density at radius 1 is 0.929 bits per heavy atom. The second kappa shape index (κ2) is 7.50.